The third-order valence-corrected chi connectivity index (χ3v) is 1.83. The van der Waals surface area contributed by atoms with Crippen molar-refractivity contribution in [3.63, 3.8) is 0 Å². The van der Waals surface area contributed by atoms with E-state index in [0.29, 0.717) is 0 Å². The molecule has 0 fully saturated rings. The largest absolute Gasteiger partial charge is 0.476 e. The highest BCUT2D eigenvalue weighted by atomic mass is 32.2. The molecule has 1 atom stereocenters. The minimum atomic E-state index is -2.09. The van der Waals surface area contributed by atoms with Gasteiger partial charge in [0.2, 0.25) is 0 Å². The zero-order valence-corrected chi connectivity index (χ0v) is 7.19. The lowest BCUT2D eigenvalue weighted by Gasteiger charge is -1.99. The van der Waals surface area contributed by atoms with E-state index in [1.807, 2.05) is 0 Å². The highest BCUT2D eigenvalue weighted by Gasteiger charge is 2.12. The first-order chi connectivity index (χ1) is 6.11. The number of aromatic nitrogens is 2. The standard InChI is InChI=1S/C6H6N2O4S/c9-6(10)5-4(2-13(11)12)1-7-3-8-5/h1,3H,2H2,(H,9,10)(H,11,12). The second-order valence-corrected chi connectivity index (χ2v) is 3.10. The Morgan fingerprint density at radius 2 is 2.31 bits per heavy atom. The van der Waals surface area contributed by atoms with Gasteiger partial charge in [0, 0.05) is 11.8 Å². The molecule has 6 nitrogen and oxygen atoms in total. The van der Waals surface area contributed by atoms with Crippen LogP contribution in [0.2, 0.25) is 0 Å². The second-order valence-electron chi connectivity index (χ2n) is 2.17. The van der Waals surface area contributed by atoms with E-state index in [9.17, 15) is 9.00 Å². The number of aromatic carboxylic acids is 1. The van der Waals surface area contributed by atoms with E-state index in [2.05, 4.69) is 9.97 Å². The van der Waals surface area contributed by atoms with E-state index < -0.39 is 17.0 Å². The summed E-state index contributed by atoms with van der Waals surface area (Å²) < 4.78 is 18.9. The molecule has 0 saturated heterocycles. The van der Waals surface area contributed by atoms with E-state index in [1.165, 1.54) is 6.20 Å². The smallest absolute Gasteiger partial charge is 0.354 e. The average Bonchev–Trinajstić information content (AvgIpc) is 2.03. The fraction of sp³-hybridized carbons (Fsp3) is 0.167. The molecule has 0 aromatic carbocycles. The van der Waals surface area contributed by atoms with Gasteiger partial charge in [-0.05, 0) is 0 Å². The molecule has 1 unspecified atom stereocenters. The van der Waals surface area contributed by atoms with Crippen molar-refractivity contribution in [2.24, 2.45) is 0 Å². The number of nitrogens with zero attached hydrogens (tertiary/aromatic N) is 2. The molecule has 2 N–H and O–H groups in total. The van der Waals surface area contributed by atoms with Crippen molar-refractivity contribution >= 4 is 17.0 Å². The first kappa shape index (κ1) is 9.75. The maximum absolute atomic E-state index is 10.5. The summed E-state index contributed by atoms with van der Waals surface area (Å²) in [6.07, 6.45) is 2.29. The van der Waals surface area contributed by atoms with E-state index in [-0.39, 0.29) is 17.0 Å². The number of hydrogen-bond acceptors (Lipinski definition) is 4. The van der Waals surface area contributed by atoms with Crippen molar-refractivity contribution in [3.05, 3.63) is 23.8 Å². The minimum absolute atomic E-state index is 0.149. The summed E-state index contributed by atoms with van der Waals surface area (Å²) in [5, 5.41) is 8.61. The average molecular weight is 202 g/mol. The van der Waals surface area contributed by atoms with Gasteiger partial charge in [-0.1, -0.05) is 0 Å². The quantitative estimate of drug-likeness (QED) is 0.663. The molecule has 0 amide bonds. The van der Waals surface area contributed by atoms with Gasteiger partial charge >= 0.3 is 5.97 Å². The summed E-state index contributed by atoms with van der Waals surface area (Å²) in [5.41, 5.74) is -0.0896. The zero-order valence-electron chi connectivity index (χ0n) is 6.38. The highest BCUT2D eigenvalue weighted by Crippen LogP contribution is 2.05. The van der Waals surface area contributed by atoms with Gasteiger partial charge < -0.3 is 9.66 Å². The van der Waals surface area contributed by atoms with Crippen molar-refractivity contribution < 1.29 is 18.7 Å². The van der Waals surface area contributed by atoms with Gasteiger partial charge in [0.15, 0.2) is 16.8 Å². The topological polar surface area (TPSA) is 100 Å². The van der Waals surface area contributed by atoms with Crippen LogP contribution in [-0.4, -0.2) is 29.8 Å². The fourth-order valence-corrected chi connectivity index (χ4v) is 1.27. The Labute approximate surface area is 75.9 Å². The highest BCUT2D eigenvalue weighted by molar-refractivity contribution is 7.78. The monoisotopic (exact) mass is 202 g/mol. The van der Waals surface area contributed by atoms with Gasteiger partial charge in [-0.3, -0.25) is 0 Å². The van der Waals surface area contributed by atoms with Gasteiger partial charge in [-0.2, -0.15) is 0 Å². The van der Waals surface area contributed by atoms with Crippen molar-refractivity contribution in [2.75, 3.05) is 0 Å². The van der Waals surface area contributed by atoms with Crippen LogP contribution < -0.4 is 0 Å². The molecule has 0 saturated carbocycles. The van der Waals surface area contributed by atoms with Crippen LogP contribution in [0.4, 0.5) is 0 Å². The van der Waals surface area contributed by atoms with Gasteiger partial charge in [0.1, 0.15) is 6.33 Å². The van der Waals surface area contributed by atoms with Crippen LogP contribution in [0.15, 0.2) is 12.5 Å². The van der Waals surface area contributed by atoms with Crippen LogP contribution in [0.1, 0.15) is 16.1 Å². The molecular formula is C6H6N2O4S. The van der Waals surface area contributed by atoms with Crippen molar-refractivity contribution in [1.82, 2.24) is 9.97 Å². The first-order valence-electron chi connectivity index (χ1n) is 3.21. The number of carbonyl (C=O) groups is 1. The number of carboxylic acids is 1. The predicted molar refractivity (Wildman–Crippen MR) is 43.5 cm³/mol. The van der Waals surface area contributed by atoms with Crippen molar-refractivity contribution in [1.29, 1.82) is 0 Å². The van der Waals surface area contributed by atoms with E-state index >= 15 is 0 Å². The van der Waals surface area contributed by atoms with Crippen LogP contribution in [0, 0.1) is 0 Å². The van der Waals surface area contributed by atoms with Crippen molar-refractivity contribution in [2.45, 2.75) is 5.75 Å². The molecular weight excluding hydrogens is 196 g/mol. The molecule has 1 heterocycles. The van der Waals surface area contributed by atoms with Crippen LogP contribution in [0.25, 0.3) is 0 Å². The Balaban J connectivity index is 3.04. The number of rotatable bonds is 3. The lowest BCUT2D eigenvalue weighted by molar-refractivity contribution is 0.0689. The van der Waals surface area contributed by atoms with Gasteiger partial charge in [0.05, 0.1) is 5.75 Å². The Morgan fingerprint density at radius 1 is 1.62 bits per heavy atom. The second kappa shape index (κ2) is 4.06. The third kappa shape index (κ3) is 2.56. The molecule has 0 bridgehead atoms. The van der Waals surface area contributed by atoms with E-state index in [0.717, 1.165) is 6.33 Å². The van der Waals surface area contributed by atoms with Crippen LogP contribution >= 0.6 is 0 Å². The molecule has 0 radical (unpaired) electrons. The van der Waals surface area contributed by atoms with Gasteiger partial charge in [-0.15, -0.1) is 0 Å². The Morgan fingerprint density at radius 3 is 2.85 bits per heavy atom. The Bertz CT molecular complexity index is 354. The molecule has 1 rings (SSSR count). The summed E-state index contributed by atoms with van der Waals surface area (Å²) in [4.78, 5) is 17.6. The SMILES string of the molecule is O=C(O)c1ncncc1CS(=O)O. The summed E-state index contributed by atoms with van der Waals surface area (Å²) >= 11 is -2.09. The third-order valence-electron chi connectivity index (χ3n) is 1.27. The molecule has 0 aliphatic carbocycles. The normalized spacial score (nSPS) is 12.4. The lowest BCUT2D eigenvalue weighted by atomic mass is 10.2. The molecule has 70 valence electrons. The summed E-state index contributed by atoms with van der Waals surface area (Å²) in [7, 11) is 0. The first-order valence-corrected chi connectivity index (χ1v) is 4.48. The molecule has 13 heavy (non-hydrogen) atoms. The minimum Gasteiger partial charge on any atom is -0.476 e. The molecule has 1 aromatic heterocycles. The lowest BCUT2D eigenvalue weighted by Crippen LogP contribution is -2.08. The molecule has 1 aromatic rings. The van der Waals surface area contributed by atoms with Gasteiger partial charge in [0.25, 0.3) is 0 Å². The molecule has 0 aliphatic rings. The molecule has 7 heteroatoms. The Kier molecular flexibility index (Phi) is 3.04. The number of hydrogen-bond donors (Lipinski definition) is 2. The summed E-state index contributed by atoms with van der Waals surface area (Å²) in [5.74, 6) is -1.51. The maximum atomic E-state index is 10.5. The zero-order chi connectivity index (χ0) is 9.84. The summed E-state index contributed by atoms with van der Waals surface area (Å²) in [6.45, 7) is 0. The van der Waals surface area contributed by atoms with E-state index in [1.54, 1.807) is 0 Å². The predicted octanol–water partition coefficient (Wildman–Crippen LogP) is -0.103. The van der Waals surface area contributed by atoms with Crippen LogP contribution in [0.3, 0.4) is 0 Å². The number of carboxylic acid groups (broad SMARTS) is 1. The molecule has 0 spiro atoms. The van der Waals surface area contributed by atoms with Crippen molar-refractivity contribution in [3.8, 4) is 0 Å². The van der Waals surface area contributed by atoms with Crippen LogP contribution in [-0.2, 0) is 16.8 Å². The van der Waals surface area contributed by atoms with Gasteiger partial charge in [-0.25, -0.2) is 19.0 Å². The van der Waals surface area contributed by atoms with Crippen LogP contribution in [0.5, 0.6) is 0 Å². The summed E-state index contributed by atoms with van der Waals surface area (Å²) in [6, 6.07) is 0. The Hall–Kier alpha value is -1.34. The molecule has 0 aliphatic heterocycles. The maximum Gasteiger partial charge on any atom is 0.354 e. The van der Waals surface area contributed by atoms with E-state index in [4.69, 9.17) is 9.66 Å². The fourth-order valence-electron chi connectivity index (χ4n) is 0.790.